The molecule has 0 amide bonds. The van der Waals surface area contributed by atoms with Crippen LogP contribution in [0.5, 0.6) is 17.4 Å². The fraction of sp³-hybridized carbons (Fsp3) is 0.200. The molecule has 1 atom stereocenters. The van der Waals surface area contributed by atoms with Gasteiger partial charge in [0.2, 0.25) is 17.5 Å². The number of nitrogens with zero attached hydrogens (tertiary/aromatic N) is 3. The number of nitrogens with one attached hydrogen (secondary N) is 1. The summed E-state index contributed by atoms with van der Waals surface area (Å²) >= 11 is 0. The van der Waals surface area contributed by atoms with Crippen LogP contribution in [-0.4, -0.2) is 27.3 Å². The molecule has 0 bridgehead atoms. The van der Waals surface area contributed by atoms with E-state index in [1.807, 2.05) is 6.07 Å². The first kappa shape index (κ1) is 16.1. The fourth-order valence-corrected chi connectivity index (χ4v) is 2.86. The molecule has 4 N–H and O–H groups in total. The lowest BCUT2D eigenvalue weighted by Crippen LogP contribution is -2.21. The third-order valence-corrected chi connectivity index (χ3v) is 3.94. The van der Waals surface area contributed by atoms with E-state index in [0.29, 0.717) is 16.8 Å². The molecule has 0 radical (unpaired) electrons. The average molecular weight is 343 g/mol. The Labute approximate surface area is 141 Å². The number of phenols is 1. The summed E-state index contributed by atoms with van der Waals surface area (Å²) in [6.45, 7) is 1.72. The van der Waals surface area contributed by atoms with Crippen molar-refractivity contribution in [2.45, 2.75) is 12.8 Å². The Bertz CT molecular complexity index is 956. The second-order valence-electron chi connectivity index (χ2n) is 5.34. The topological polar surface area (TPSA) is 160 Å². The van der Waals surface area contributed by atoms with Crippen LogP contribution in [-0.2, 0) is 0 Å². The third kappa shape index (κ3) is 2.38. The van der Waals surface area contributed by atoms with Gasteiger partial charge in [-0.1, -0.05) is 0 Å². The van der Waals surface area contributed by atoms with Crippen molar-refractivity contribution < 1.29 is 19.5 Å². The number of methoxy groups -OCH3 is 1. The minimum atomic E-state index is -0.775. The highest BCUT2D eigenvalue weighted by molar-refractivity contribution is 5.63. The Kier molecular flexibility index (Phi) is 3.69. The molecule has 1 aromatic carbocycles. The van der Waals surface area contributed by atoms with Crippen LogP contribution in [0.1, 0.15) is 22.7 Å². The minimum absolute atomic E-state index is 0.0656. The molecule has 1 aliphatic rings. The van der Waals surface area contributed by atoms with E-state index in [0.717, 1.165) is 0 Å². The summed E-state index contributed by atoms with van der Waals surface area (Å²) < 4.78 is 10.2. The van der Waals surface area contributed by atoms with E-state index in [1.165, 1.54) is 19.2 Å². The standard InChI is InChI=1S/C15H13N5O5/c1-6-11-12(8(5-16)14(17)25-15(11)19-18-6)7-3-9(20(22)23)13(24-2)10(21)4-7/h3-4,12,21H,17H2,1-2H3,(H,18,19). The lowest BCUT2D eigenvalue weighted by molar-refractivity contribution is -0.385. The maximum atomic E-state index is 11.3. The lowest BCUT2D eigenvalue weighted by Gasteiger charge is -2.23. The van der Waals surface area contributed by atoms with Gasteiger partial charge in [0.25, 0.3) is 0 Å². The number of aromatic amines is 1. The zero-order valence-corrected chi connectivity index (χ0v) is 13.2. The van der Waals surface area contributed by atoms with Crippen molar-refractivity contribution in [3.63, 3.8) is 0 Å². The Balaban J connectivity index is 2.30. The van der Waals surface area contributed by atoms with Gasteiger partial charge in [0.15, 0.2) is 5.75 Å². The number of nitrogens with two attached hydrogens (primary N) is 1. The molecule has 10 nitrogen and oxygen atoms in total. The van der Waals surface area contributed by atoms with Crippen LogP contribution in [0, 0.1) is 28.4 Å². The molecular weight excluding hydrogens is 330 g/mol. The third-order valence-electron chi connectivity index (χ3n) is 3.94. The van der Waals surface area contributed by atoms with Crippen LogP contribution in [0.25, 0.3) is 0 Å². The average Bonchev–Trinajstić information content (AvgIpc) is 2.93. The molecule has 128 valence electrons. The summed E-state index contributed by atoms with van der Waals surface area (Å²) in [6.07, 6.45) is 0. The molecule has 1 aromatic heterocycles. The number of nitriles is 1. The van der Waals surface area contributed by atoms with Gasteiger partial charge in [-0.2, -0.15) is 5.26 Å². The highest BCUT2D eigenvalue weighted by Gasteiger charge is 2.36. The van der Waals surface area contributed by atoms with Gasteiger partial charge >= 0.3 is 5.69 Å². The van der Waals surface area contributed by atoms with Gasteiger partial charge in [0.1, 0.15) is 11.6 Å². The number of aromatic nitrogens is 2. The van der Waals surface area contributed by atoms with Crippen molar-refractivity contribution in [2.75, 3.05) is 7.11 Å². The van der Waals surface area contributed by atoms with E-state index in [1.54, 1.807) is 6.92 Å². The van der Waals surface area contributed by atoms with E-state index < -0.39 is 22.3 Å². The number of rotatable bonds is 3. The van der Waals surface area contributed by atoms with Crippen LogP contribution in [0.15, 0.2) is 23.6 Å². The van der Waals surface area contributed by atoms with Crippen molar-refractivity contribution >= 4 is 5.69 Å². The number of allylic oxidation sites excluding steroid dienone is 1. The van der Waals surface area contributed by atoms with E-state index in [9.17, 15) is 20.5 Å². The molecule has 0 fully saturated rings. The Morgan fingerprint density at radius 1 is 1.56 bits per heavy atom. The van der Waals surface area contributed by atoms with Crippen LogP contribution >= 0.6 is 0 Å². The molecule has 0 saturated carbocycles. The summed E-state index contributed by atoms with van der Waals surface area (Å²) in [6, 6.07) is 4.49. The molecular formula is C15H13N5O5. The van der Waals surface area contributed by atoms with Gasteiger partial charge in [-0.25, -0.2) is 0 Å². The van der Waals surface area contributed by atoms with E-state index in [2.05, 4.69) is 10.2 Å². The predicted octanol–water partition coefficient (Wildman–Crippen LogP) is 1.56. The zero-order valence-electron chi connectivity index (χ0n) is 13.2. The molecule has 0 aliphatic carbocycles. The molecule has 3 rings (SSSR count). The number of fused-ring (bicyclic) bond motifs is 1. The monoisotopic (exact) mass is 343 g/mol. The van der Waals surface area contributed by atoms with Crippen molar-refractivity contribution in [3.8, 4) is 23.4 Å². The van der Waals surface area contributed by atoms with Crippen LogP contribution < -0.4 is 15.2 Å². The van der Waals surface area contributed by atoms with Crippen molar-refractivity contribution in [3.05, 3.63) is 50.5 Å². The maximum Gasteiger partial charge on any atom is 0.315 e. The van der Waals surface area contributed by atoms with Gasteiger partial charge in [-0.15, -0.1) is 5.10 Å². The first-order valence-corrected chi connectivity index (χ1v) is 7.06. The molecule has 0 spiro atoms. The summed E-state index contributed by atoms with van der Waals surface area (Å²) in [5.41, 5.74) is 6.85. The number of nitro groups is 1. The number of aryl methyl sites for hydroxylation is 1. The number of H-pyrrole nitrogens is 1. The molecule has 2 aromatic rings. The number of aromatic hydroxyl groups is 1. The second kappa shape index (κ2) is 5.72. The van der Waals surface area contributed by atoms with Gasteiger partial charge in [-0.3, -0.25) is 15.2 Å². The van der Waals surface area contributed by atoms with Crippen molar-refractivity contribution in [1.82, 2.24) is 10.2 Å². The lowest BCUT2D eigenvalue weighted by atomic mass is 9.84. The largest absolute Gasteiger partial charge is 0.504 e. The Morgan fingerprint density at radius 2 is 2.28 bits per heavy atom. The summed E-state index contributed by atoms with van der Waals surface area (Å²) in [7, 11) is 1.22. The summed E-state index contributed by atoms with van der Waals surface area (Å²) in [5, 5.41) is 37.6. The molecule has 0 saturated heterocycles. The van der Waals surface area contributed by atoms with Crippen LogP contribution in [0.3, 0.4) is 0 Å². The fourth-order valence-electron chi connectivity index (χ4n) is 2.86. The Morgan fingerprint density at radius 3 is 2.88 bits per heavy atom. The first-order chi connectivity index (χ1) is 11.9. The summed E-state index contributed by atoms with van der Waals surface area (Å²) in [5.74, 6) is -1.43. The predicted molar refractivity (Wildman–Crippen MR) is 83.9 cm³/mol. The normalized spacial score (nSPS) is 16.0. The number of phenolic OH excluding ortho intramolecular Hbond substituents is 1. The number of hydrogen-bond donors (Lipinski definition) is 3. The molecule has 10 heteroatoms. The van der Waals surface area contributed by atoms with Crippen molar-refractivity contribution in [1.29, 1.82) is 5.26 Å². The smallest absolute Gasteiger partial charge is 0.315 e. The van der Waals surface area contributed by atoms with Crippen molar-refractivity contribution in [2.24, 2.45) is 5.73 Å². The van der Waals surface area contributed by atoms with Gasteiger partial charge in [0.05, 0.1) is 18.0 Å². The zero-order chi connectivity index (χ0) is 18.3. The second-order valence-corrected chi connectivity index (χ2v) is 5.34. The Hall–Kier alpha value is -3.74. The van der Waals surface area contributed by atoms with E-state index >= 15 is 0 Å². The summed E-state index contributed by atoms with van der Waals surface area (Å²) in [4.78, 5) is 10.6. The van der Waals surface area contributed by atoms with Crippen LogP contribution in [0.2, 0.25) is 0 Å². The highest BCUT2D eigenvalue weighted by Crippen LogP contribution is 2.46. The van der Waals surface area contributed by atoms with Gasteiger partial charge < -0.3 is 20.3 Å². The number of hydrogen-bond acceptors (Lipinski definition) is 8. The number of ether oxygens (including phenoxy) is 2. The molecule has 25 heavy (non-hydrogen) atoms. The number of nitro benzene ring substituents is 1. The number of benzene rings is 1. The van der Waals surface area contributed by atoms with Gasteiger partial charge in [-0.05, 0) is 18.6 Å². The quantitative estimate of drug-likeness (QED) is 0.559. The maximum absolute atomic E-state index is 11.3. The molecule has 1 unspecified atom stereocenters. The molecule has 1 aliphatic heterocycles. The van der Waals surface area contributed by atoms with E-state index in [4.69, 9.17) is 15.2 Å². The SMILES string of the molecule is COc1c(O)cc(C2C(C#N)=C(N)Oc3n[nH]c(C)c32)cc1[N+](=O)[O-]. The molecule has 2 heterocycles. The highest BCUT2D eigenvalue weighted by atomic mass is 16.6. The minimum Gasteiger partial charge on any atom is -0.504 e. The van der Waals surface area contributed by atoms with Crippen LogP contribution in [0.4, 0.5) is 5.69 Å². The van der Waals surface area contributed by atoms with Gasteiger partial charge in [0, 0.05) is 17.3 Å². The van der Waals surface area contributed by atoms with E-state index in [-0.39, 0.29) is 23.1 Å². The first-order valence-electron chi connectivity index (χ1n) is 7.06.